The van der Waals surface area contributed by atoms with E-state index in [4.69, 9.17) is 5.84 Å². The summed E-state index contributed by atoms with van der Waals surface area (Å²) in [5.41, 5.74) is 2.49. The molecule has 5 nitrogen and oxygen atoms in total. The Kier molecular flexibility index (Phi) is 5.16. The van der Waals surface area contributed by atoms with Crippen molar-refractivity contribution in [2.45, 2.75) is 63.2 Å². The third-order valence-electron chi connectivity index (χ3n) is 3.77. The average molecular weight is 275 g/mol. The maximum Gasteiger partial charge on any atom is 0.159 e. The van der Waals surface area contributed by atoms with Crippen LogP contribution in [0.15, 0.2) is 4.99 Å². The van der Waals surface area contributed by atoms with E-state index in [0.717, 1.165) is 25.7 Å². The summed E-state index contributed by atoms with van der Waals surface area (Å²) in [6, 6.07) is 0.194. The number of nitrogens with two attached hydrogens (primary N) is 1. The van der Waals surface area contributed by atoms with Crippen LogP contribution in [0.1, 0.15) is 52.4 Å². The molecule has 106 valence electrons. The Hall–Kier alpha value is -0.620. The first kappa shape index (κ1) is 15.4. The fourth-order valence-electron chi connectivity index (χ4n) is 2.11. The first-order chi connectivity index (χ1) is 8.29. The zero-order valence-corrected chi connectivity index (χ0v) is 12.4. The number of nitrogens with one attached hydrogen (secondary N) is 1. The van der Waals surface area contributed by atoms with Crippen LogP contribution in [0.5, 0.6) is 0 Å². The number of sulfone groups is 1. The first-order valence-corrected chi connectivity index (χ1v) is 8.42. The molecule has 1 rings (SSSR count). The molecular weight excluding hydrogens is 250 g/mol. The summed E-state index contributed by atoms with van der Waals surface area (Å²) in [6.45, 7) is 3.27. The molecule has 1 saturated carbocycles. The maximum absolute atomic E-state index is 11.8. The number of hydrogen-bond acceptors (Lipinski definition) is 4. The highest BCUT2D eigenvalue weighted by atomic mass is 32.2. The van der Waals surface area contributed by atoms with Crippen molar-refractivity contribution in [3.8, 4) is 0 Å². The summed E-state index contributed by atoms with van der Waals surface area (Å²) in [5, 5.41) is 0. The second-order valence-corrected chi connectivity index (χ2v) is 8.11. The van der Waals surface area contributed by atoms with Crippen molar-refractivity contribution in [2.24, 2.45) is 10.8 Å². The SMILES string of the molecule is CC(C)(C(=NC1CCCCCC1)NN)S(C)(=O)=O. The largest absolute Gasteiger partial charge is 0.311 e. The van der Waals surface area contributed by atoms with Crippen LogP contribution >= 0.6 is 0 Å². The molecule has 0 aromatic heterocycles. The second-order valence-electron chi connectivity index (χ2n) is 5.55. The summed E-state index contributed by atoms with van der Waals surface area (Å²) in [7, 11) is -3.25. The molecule has 0 aliphatic heterocycles. The lowest BCUT2D eigenvalue weighted by Gasteiger charge is -2.25. The van der Waals surface area contributed by atoms with Crippen LogP contribution in [-0.2, 0) is 9.84 Å². The van der Waals surface area contributed by atoms with Crippen LogP contribution in [0.3, 0.4) is 0 Å². The van der Waals surface area contributed by atoms with E-state index in [9.17, 15) is 8.42 Å². The molecule has 0 saturated heterocycles. The van der Waals surface area contributed by atoms with Crippen LogP contribution in [0.25, 0.3) is 0 Å². The predicted octanol–water partition coefficient (Wildman–Crippen LogP) is 1.39. The Morgan fingerprint density at radius 3 is 2.11 bits per heavy atom. The van der Waals surface area contributed by atoms with Gasteiger partial charge in [-0.1, -0.05) is 25.7 Å². The fourth-order valence-corrected chi connectivity index (χ4v) is 2.57. The van der Waals surface area contributed by atoms with Gasteiger partial charge in [0, 0.05) is 6.26 Å². The van der Waals surface area contributed by atoms with Gasteiger partial charge >= 0.3 is 0 Å². The van der Waals surface area contributed by atoms with Gasteiger partial charge in [0.2, 0.25) is 0 Å². The summed E-state index contributed by atoms with van der Waals surface area (Å²) in [5.74, 6) is 5.84. The van der Waals surface area contributed by atoms with Gasteiger partial charge in [0.25, 0.3) is 0 Å². The number of hydrogen-bond donors (Lipinski definition) is 2. The molecule has 1 aliphatic rings. The Balaban J connectivity index is 2.94. The third-order valence-corrected chi connectivity index (χ3v) is 5.82. The first-order valence-electron chi connectivity index (χ1n) is 6.53. The average Bonchev–Trinajstić information content (AvgIpc) is 2.52. The van der Waals surface area contributed by atoms with Crippen molar-refractivity contribution < 1.29 is 8.42 Å². The van der Waals surface area contributed by atoms with Crippen molar-refractivity contribution in [2.75, 3.05) is 6.26 Å². The van der Waals surface area contributed by atoms with Crippen molar-refractivity contribution in [1.82, 2.24) is 5.43 Å². The number of amidine groups is 1. The van der Waals surface area contributed by atoms with E-state index < -0.39 is 14.6 Å². The molecule has 1 fully saturated rings. The van der Waals surface area contributed by atoms with Crippen molar-refractivity contribution in [3.63, 3.8) is 0 Å². The molecule has 18 heavy (non-hydrogen) atoms. The molecule has 0 aromatic rings. The van der Waals surface area contributed by atoms with E-state index in [-0.39, 0.29) is 6.04 Å². The molecule has 1 aliphatic carbocycles. The van der Waals surface area contributed by atoms with Gasteiger partial charge in [-0.3, -0.25) is 4.99 Å². The predicted molar refractivity (Wildman–Crippen MR) is 75.2 cm³/mol. The van der Waals surface area contributed by atoms with Crippen LogP contribution < -0.4 is 11.3 Å². The summed E-state index contributed by atoms with van der Waals surface area (Å²) in [4.78, 5) is 4.55. The standard InChI is InChI=1S/C12H25N3O2S/c1-12(2,18(3,16)17)11(15-13)14-10-8-6-4-5-7-9-10/h10H,4-9,13H2,1-3H3,(H,14,15). The van der Waals surface area contributed by atoms with Gasteiger partial charge in [-0.25, -0.2) is 14.3 Å². The topological polar surface area (TPSA) is 84.5 Å². The summed E-state index contributed by atoms with van der Waals surface area (Å²) >= 11 is 0. The van der Waals surface area contributed by atoms with Crippen molar-refractivity contribution >= 4 is 15.7 Å². The summed E-state index contributed by atoms with van der Waals surface area (Å²) < 4.78 is 22.5. The number of nitrogens with zero attached hydrogens (tertiary/aromatic N) is 1. The minimum Gasteiger partial charge on any atom is -0.311 e. The van der Waals surface area contributed by atoms with Gasteiger partial charge in [-0.05, 0) is 26.7 Å². The van der Waals surface area contributed by atoms with Gasteiger partial charge < -0.3 is 5.43 Å². The van der Waals surface area contributed by atoms with Gasteiger partial charge in [-0.2, -0.15) is 0 Å². The van der Waals surface area contributed by atoms with Gasteiger partial charge in [0.05, 0.1) is 6.04 Å². The smallest absolute Gasteiger partial charge is 0.159 e. The molecule has 0 aromatic carbocycles. The molecule has 0 heterocycles. The molecule has 0 atom stereocenters. The van der Waals surface area contributed by atoms with Crippen molar-refractivity contribution in [1.29, 1.82) is 0 Å². The molecule has 3 N–H and O–H groups in total. The van der Waals surface area contributed by atoms with Crippen LogP contribution in [0.4, 0.5) is 0 Å². The zero-order valence-electron chi connectivity index (χ0n) is 11.6. The number of aliphatic imine (C=N–C) groups is 1. The Morgan fingerprint density at radius 1 is 1.22 bits per heavy atom. The third kappa shape index (κ3) is 3.68. The van der Waals surface area contributed by atoms with Gasteiger partial charge in [0.15, 0.2) is 9.84 Å². The van der Waals surface area contributed by atoms with E-state index in [0.29, 0.717) is 5.84 Å². The highest BCUT2D eigenvalue weighted by Crippen LogP contribution is 2.22. The Morgan fingerprint density at radius 2 is 1.72 bits per heavy atom. The monoisotopic (exact) mass is 275 g/mol. The van der Waals surface area contributed by atoms with Crippen LogP contribution in [0, 0.1) is 0 Å². The molecule has 6 heteroatoms. The normalized spacial score (nSPS) is 20.6. The lowest BCUT2D eigenvalue weighted by molar-refractivity contribution is 0.565. The van der Waals surface area contributed by atoms with Crippen LogP contribution in [0.2, 0.25) is 0 Å². The van der Waals surface area contributed by atoms with Crippen molar-refractivity contribution in [3.05, 3.63) is 0 Å². The summed E-state index contributed by atoms with van der Waals surface area (Å²) in [6.07, 6.45) is 8.05. The minimum absolute atomic E-state index is 0.194. The number of rotatable bonds is 3. The lowest BCUT2D eigenvalue weighted by atomic mass is 10.1. The highest BCUT2D eigenvalue weighted by Gasteiger charge is 2.36. The number of hydrazine groups is 1. The fraction of sp³-hybridized carbons (Fsp3) is 0.917. The molecule has 0 unspecified atom stereocenters. The zero-order chi connectivity index (χ0) is 13.8. The molecular formula is C12H25N3O2S. The Bertz CT molecular complexity index is 394. The Labute approximate surface area is 110 Å². The minimum atomic E-state index is -3.25. The lowest BCUT2D eigenvalue weighted by Crippen LogP contribution is -2.50. The van der Waals surface area contributed by atoms with E-state index in [1.54, 1.807) is 13.8 Å². The van der Waals surface area contributed by atoms with E-state index in [2.05, 4.69) is 10.4 Å². The van der Waals surface area contributed by atoms with Gasteiger partial charge in [-0.15, -0.1) is 0 Å². The quantitative estimate of drug-likeness (QED) is 0.268. The highest BCUT2D eigenvalue weighted by molar-refractivity contribution is 7.92. The molecule has 0 spiro atoms. The van der Waals surface area contributed by atoms with E-state index in [1.165, 1.54) is 19.1 Å². The maximum atomic E-state index is 11.8. The molecule has 0 amide bonds. The second kappa shape index (κ2) is 6.02. The van der Waals surface area contributed by atoms with Crippen LogP contribution in [-0.4, -0.2) is 31.3 Å². The molecule has 0 radical (unpaired) electrons. The molecule has 0 bridgehead atoms. The van der Waals surface area contributed by atoms with E-state index >= 15 is 0 Å². The van der Waals surface area contributed by atoms with E-state index in [1.807, 2.05) is 0 Å². The van der Waals surface area contributed by atoms with Gasteiger partial charge in [0.1, 0.15) is 10.6 Å².